The van der Waals surface area contributed by atoms with Crippen molar-refractivity contribution < 1.29 is 19.1 Å². The first kappa shape index (κ1) is 15.2. The van der Waals surface area contributed by atoms with E-state index in [4.69, 9.17) is 9.52 Å². The van der Waals surface area contributed by atoms with Crippen molar-refractivity contribution in [1.82, 2.24) is 10.6 Å². The zero-order valence-electron chi connectivity index (χ0n) is 11.2. The smallest absolute Gasteiger partial charge is 0.287 e. The molecule has 0 atom stereocenters. The Balaban J connectivity index is 2.27. The summed E-state index contributed by atoms with van der Waals surface area (Å²) in [6, 6.07) is 3.13. The summed E-state index contributed by atoms with van der Waals surface area (Å²) in [6.07, 6.45) is 2.00. The third-order valence-corrected chi connectivity index (χ3v) is 2.71. The van der Waals surface area contributed by atoms with E-state index in [1.807, 2.05) is 13.8 Å². The zero-order valence-corrected chi connectivity index (χ0v) is 11.2. The number of carbonyl (C=O) groups is 2. The van der Waals surface area contributed by atoms with E-state index in [2.05, 4.69) is 10.6 Å². The lowest BCUT2D eigenvalue weighted by molar-refractivity contribution is -0.120. The minimum atomic E-state index is -0.422. The fourth-order valence-corrected chi connectivity index (χ4v) is 1.45. The van der Waals surface area contributed by atoms with Crippen LogP contribution in [-0.2, 0) is 4.79 Å². The highest BCUT2D eigenvalue weighted by Crippen LogP contribution is 2.17. The number of nitrogens with one attached hydrogen (secondary N) is 2. The molecule has 1 aromatic heterocycles. The molecule has 0 aromatic carbocycles. The summed E-state index contributed by atoms with van der Waals surface area (Å²) in [6.45, 7) is 4.33. The molecule has 0 spiro atoms. The van der Waals surface area contributed by atoms with Crippen molar-refractivity contribution >= 4 is 11.8 Å². The molecule has 0 radical (unpaired) electrons. The highest BCUT2D eigenvalue weighted by Gasteiger charge is 2.18. The van der Waals surface area contributed by atoms with Gasteiger partial charge < -0.3 is 20.2 Å². The molecule has 1 rings (SSSR count). The number of aliphatic hydroxyl groups is 1. The lowest BCUT2D eigenvalue weighted by Crippen LogP contribution is -2.41. The number of furan rings is 1. The van der Waals surface area contributed by atoms with Crippen molar-refractivity contribution in [2.45, 2.75) is 20.3 Å². The van der Waals surface area contributed by atoms with E-state index >= 15 is 0 Å². The summed E-state index contributed by atoms with van der Waals surface area (Å²) >= 11 is 0. The summed E-state index contributed by atoms with van der Waals surface area (Å²) < 4.78 is 4.90. The maximum atomic E-state index is 11.5. The molecular weight excluding hydrogens is 248 g/mol. The maximum Gasteiger partial charge on any atom is 0.287 e. The first-order valence-electron chi connectivity index (χ1n) is 6.14. The predicted molar refractivity (Wildman–Crippen MR) is 69.5 cm³/mol. The molecule has 1 aromatic rings. The normalized spacial score (nSPS) is 11.1. The lowest BCUT2D eigenvalue weighted by atomic mass is 9.90. The zero-order chi connectivity index (χ0) is 14.3. The molecule has 0 aliphatic heterocycles. The Labute approximate surface area is 112 Å². The Morgan fingerprint density at radius 2 is 2.11 bits per heavy atom. The molecule has 0 bridgehead atoms. The van der Waals surface area contributed by atoms with Gasteiger partial charge in [-0.05, 0) is 24.0 Å². The summed E-state index contributed by atoms with van der Waals surface area (Å²) in [5.74, 6) is -0.519. The molecule has 19 heavy (non-hydrogen) atoms. The van der Waals surface area contributed by atoms with Crippen LogP contribution in [-0.4, -0.2) is 36.6 Å². The van der Waals surface area contributed by atoms with Crippen molar-refractivity contribution in [2.24, 2.45) is 5.41 Å². The average molecular weight is 268 g/mol. The number of amides is 2. The molecule has 6 heteroatoms. The van der Waals surface area contributed by atoms with Crippen molar-refractivity contribution in [3.05, 3.63) is 24.2 Å². The number of aliphatic hydroxyl groups excluding tert-OH is 1. The Kier molecular flexibility index (Phi) is 5.57. The van der Waals surface area contributed by atoms with Crippen LogP contribution in [0.4, 0.5) is 0 Å². The van der Waals surface area contributed by atoms with Crippen LogP contribution in [0.15, 0.2) is 22.8 Å². The third kappa shape index (κ3) is 5.56. The third-order valence-electron chi connectivity index (χ3n) is 2.71. The Hall–Kier alpha value is -1.82. The quantitative estimate of drug-likeness (QED) is 0.673. The molecular formula is C13H20N2O4. The molecule has 0 aliphatic rings. The fourth-order valence-electron chi connectivity index (χ4n) is 1.45. The topological polar surface area (TPSA) is 91.6 Å². The molecule has 0 unspecified atom stereocenters. The molecule has 0 saturated heterocycles. The molecule has 106 valence electrons. The SMILES string of the molecule is CC(C)(CCO)CNC(=O)CNC(=O)c1ccco1. The van der Waals surface area contributed by atoms with Crippen LogP contribution < -0.4 is 10.6 Å². The van der Waals surface area contributed by atoms with E-state index in [0.717, 1.165) is 0 Å². The van der Waals surface area contributed by atoms with Gasteiger partial charge in [-0.15, -0.1) is 0 Å². The molecule has 2 amide bonds. The van der Waals surface area contributed by atoms with Crippen LogP contribution in [0.2, 0.25) is 0 Å². The lowest BCUT2D eigenvalue weighted by Gasteiger charge is -2.23. The first-order valence-corrected chi connectivity index (χ1v) is 6.14. The van der Waals surface area contributed by atoms with Gasteiger partial charge in [-0.2, -0.15) is 0 Å². The van der Waals surface area contributed by atoms with Gasteiger partial charge in [0.25, 0.3) is 5.91 Å². The van der Waals surface area contributed by atoms with Crippen molar-refractivity contribution in [3.63, 3.8) is 0 Å². The second kappa shape index (κ2) is 6.94. The Bertz CT molecular complexity index is 412. The van der Waals surface area contributed by atoms with Crippen molar-refractivity contribution in [3.8, 4) is 0 Å². The predicted octanol–water partition coefficient (Wildman–Crippen LogP) is 0.534. The Morgan fingerprint density at radius 1 is 1.37 bits per heavy atom. The van der Waals surface area contributed by atoms with Crippen LogP contribution in [0, 0.1) is 5.41 Å². The van der Waals surface area contributed by atoms with E-state index in [-0.39, 0.29) is 30.2 Å². The van der Waals surface area contributed by atoms with Crippen LogP contribution in [0.5, 0.6) is 0 Å². The second-order valence-corrected chi connectivity index (χ2v) is 5.07. The van der Waals surface area contributed by atoms with Gasteiger partial charge in [-0.1, -0.05) is 13.8 Å². The minimum Gasteiger partial charge on any atom is -0.459 e. The molecule has 0 saturated carbocycles. The van der Waals surface area contributed by atoms with Crippen LogP contribution in [0.1, 0.15) is 30.8 Å². The standard InChI is InChI=1S/C13H20N2O4/c1-13(2,5-6-16)9-15-11(17)8-14-12(18)10-4-3-7-19-10/h3-4,7,16H,5-6,8-9H2,1-2H3,(H,14,18)(H,15,17). The van der Waals surface area contributed by atoms with E-state index in [1.165, 1.54) is 12.3 Å². The minimum absolute atomic E-state index is 0.0814. The summed E-state index contributed by atoms with van der Waals surface area (Å²) in [7, 11) is 0. The van der Waals surface area contributed by atoms with Gasteiger partial charge >= 0.3 is 0 Å². The van der Waals surface area contributed by atoms with E-state index in [9.17, 15) is 9.59 Å². The van der Waals surface area contributed by atoms with E-state index in [0.29, 0.717) is 13.0 Å². The number of carbonyl (C=O) groups excluding carboxylic acids is 2. The Morgan fingerprint density at radius 3 is 2.68 bits per heavy atom. The van der Waals surface area contributed by atoms with Crippen molar-refractivity contribution in [1.29, 1.82) is 0 Å². The highest BCUT2D eigenvalue weighted by atomic mass is 16.3. The van der Waals surface area contributed by atoms with E-state index < -0.39 is 5.91 Å². The molecule has 6 nitrogen and oxygen atoms in total. The van der Waals surface area contributed by atoms with Gasteiger partial charge in [-0.25, -0.2) is 0 Å². The van der Waals surface area contributed by atoms with Crippen LogP contribution in [0.25, 0.3) is 0 Å². The summed E-state index contributed by atoms with van der Waals surface area (Å²) in [4.78, 5) is 23.0. The van der Waals surface area contributed by atoms with Gasteiger partial charge in [0.2, 0.25) is 5.91 Å². The second-order valence-electron chi connectivity index (χ2n) is 5.07. The first-order chi connectivity index (χ1) is 8.94. The number of hydrogen-bond donors (Lipinski definition) is 3. The monoisotopic (exact) mass is 268 g/mol. The van der Waals surface area contributed by atoms with Crippen LogP contribution in [0.3, 0.4) is 0 Å². The van der Waals surface area contributed by atoms with Gasteiger partial charge in [0.1, 0.15) is 0 Å². The molecule has 3 N–H and O–H groups in total. The summed E-state index contributed by atoms with van der Waals surface area (Å²) in [5, 5.41) is 14.0. The van der Waals surface area contributed by atoms with Gasteiger partial charge in [0, 0.05) is 13.2 Å². The number of hydrogen-bond acceptors (Lipinski definition) is 4. The molecule has 1 heterocycles. The van der Waals surface area contributed by atoms with Gasteiger partial charge in [0.05, 0.1) is 12.8 Å². The van der Waals surface area contributed by atoms with Gasteiger partial charge in [-0.3, -0.25) is 9.59 Å². The number of rotatable bonds is 7. The maximum absolute atomic E-state index is 11.5. The molecule has 0 aliphatic carbocycles. The average Bonchev–Trinajstić information content (AvgIpc) is 2.87. The largest absolute Gasteiger partial charge is 0.459 e. The fraction of sp³-hybridized carbons (Fsp3) is 0.538. The molecule has 0 fully saturated rings. The highest BCUT2D eigenvalue weighted by molar-refractivity contribution is 5.94. The van der Waals surface area contributed by atoms with Gasteiger partial charge in [0.15, 0.2) is 5.76 Å². The summed E-state index contributed by atoms with van der Waals surface area (Å²) in [5.41, 5.74) is -0.171. The van der Waals surface area contributed by atoms with Crippen LogP contribution >= 0.6 is 0 Å². The van der Waals surface area contributed by atoms with E-state index in [1.54, 1.807) is 6.07 Å². The van der Waals surface area contributed by atoms with Crippen molar-refractivity contribution in [2.75, 3.05) is 19.7 Å².